The van der Waals surface area contributed by atoms with E-state index in [0.717, 1.165) is 11.3 Å². The van der Waals surface area contributed by atoms with Gasteiger partial charge in [-0.2, -0.15) is 0 Å². The van der Waals surface area contributed by atoms with E-state index in [1.165, 1.54) is 6.20 Å². The van der Waals surface area contributed by atoms with Gasteiger partial charge in [-0.3, -0.25) is 4.98 Å². The molecule has 3 rings (SSSR count). The zero-order valence-electron chi connectivity index (χ0n) is 13.7. The summed E-state index contributed by atoms with van der Waals surface area (Å²) in [6, 6.07) is 15.1. The zero-order valence-corrected chi connectivity index (χ0v) is 15.3. The molecule has 26 heavy (non-hydrogen) atoms. The maximum atomic E-state index is 13.0. The van der Waals surface area contributed by atoms with E-state index in [-0.39, 0.29) is 10.8 Å². The van der Waals surface area contributed by atoms with Gasteiger partial charge in [-0.05, 0) is 35.2 Å². The maximum Gasteiger partial charge on any atom is 0.319 e. The van der Waals surface area contributed by atoms with Crippen LogP contribution in [0.1, 0.15) is 10.8 Å². The van der Waals surface area contributed by atoms with Crippen LogP contribution in [0.4, 0.5) is 10.5 Å². The second kappa shape index (κ2) is 8.11. The number of thiophene rings is 1. The van der Waals surface area contributed by atoms with E-state index in [9.17, 15) is 13.2 Å². The summed E-state index contributed by atoms with van der Waals surface area (Å²) in [6.45, 7) is -0.0649. The number of urea groups is 1. The Morgan fingerprint density at radius 3 is 2.54 bits per heavy atom. The molecule has 1 aromatic carbocycles. The number of aromatic nitrogens is 1. The highest BCUT2D eigenvalue weighted by molar-refractivity contribution is 7.93. The third kappa shape index (κ3) is 4.27. The topological polar surface area (TPSA) is 88.2 Å². The van der Waals surface area contributed by atoms with Gasteiger partial charge in [0, 0.05) is 24.6 Å². The zero-order chi connectivity index (χ0) is 18.4. The number of carbonyl (C=O) groups excluding carboxylic acids is 1. The Morgan fingerprint density at radius 1 is 1.08 bits per heavy atom. The van der Waals surface area contributed by atoms with Gasteiger partial charge in [0.25, 0.3) is 0 Å². The van der Waals surface area contributed by atoms with Gasteiger partial charge in [0.2, 0.25) is 0 Å². The van der Waals surface area contributed by atoms with E-state index < -0.39 is 21.1 Å². The summed E-state index contributed by atoms with van der Waals surface area (Å²) in [7, 11) is -3.64. The molecule has 0 spiro atoms. The Labute approximate surface area is 155 Å². The van der Waals surface area contributed by atoms with Gasteiger partial charge in [0.05, 0.1) is 0 Å². The summed E-state index contributed by atoms with van der Waals surface area (Å²) in [5.74, 6) is 0. The molecule has 2 heterocycles. The number of para-hydroxylation sites is 1. The predicted molar refractivity (Wildman–Crippen MR) is 102 cm³/mol. The van der Waals surface area contributed by atoms with Crippen molar-refractivity contribution in [3.63, 3.8) is 0 Å². The Bertz CT molecular complexity index is 944. The normalized spacial score (nSPS) is 12.3. The molecular weight excluding hydrogens is 370 g/mol. The summed E-state index contributed by atoms with van der Waals surface area (Å²) in [5.41, 5.74) is 1.16. The van der Waals surface area contributed by atoms with Crippen molar-refractivity contribution in [2.45, 2.75) is 9.46 Å². The number of hydrogen-bond acceptors (Lipinski definition) is 5. The summed E-state index contributed by atoms with van der Waals surface area (Å²) < 4.78 is 26.2. The van der Waals surface area contributed by atoms with Crippen LogP contribution in [0.5, 0.6) is 0 Å². The Hall–Kier alpha value is -2.71. The van der Waals surface area contributed by atoms with Crippen LogP contribution in [0, 0.1) is 0 Å². The van der Waals surface area contributed by atoms with Crippen LogP contribution in [0.2, 0.25) is 0 Å². The van der Waals surface area contributed by atoms with Crippen LogP contribution in [-0.2, 0) is 9.84 Å². The number of carbonyl (C=O) groups is 1. The first-order chi connectivity index (χ1) is 12.6. The first-order valence-corrected chi connectivity index (χ1v) is 10.3. The molecule has 2 N–H and O–H groups in total. The summed E-state index contributed by atoms with van der Waals surface area (Å²) >= 11 is 1.15. The Morgan fingerprint density at radius 2 is 1.88 bits per heavy atom. The van der Waals surface area contributed by atoms with Crippen LogP contribution < -0.4 is 10.6 Å². The summed E-state index contributed by atoms with van der Waals surface area (Å²) in [4.78, 5) is 16.1. The number of nitrogens with zero attached hydrogens (tertiary/aromatic N) is 1. The van der Waals surface area contributed by atoms with Crippen molar-refractivity contribution in [3.05, 3.63) is 77.9 Å². The largest absolute Gasteiger partial charge is 0.336 e. The van der Waals surface area contributed by atoms with Crippen LogP contribution in [0.25, 0.3) is 0 Å². The van der Waals surface area contributed by atoms with Crippen molar-refractivity contribution in [2.24, 2.45) is 0 Å². The van der Waals surface area contributed by atoms with Gasteiger partial charge in [-0.1, -0.05) is 30.3 Å². The Balaban J connectivity index is 1.78. The monoisotopic (exact) mass is 387 g/mol. The average Bonchev–Trinajstić information content (AvgIpc) is 3.19. The van der Waals surface area contributed by atoms with Crippen molar-refractivity contribution in [2.75, 3.05) is 11.9 Å². The van der Waals surface area contributed by atoms with Gasteiger partial charge in [0.15, 0.2) is 9.84 Å². The van der Waals surface area contributed by atoms with E-state index in [1.807, 2.05) is 6.07 Å². The molecule has 0 saturated carbocycles. The van der Waals surface area contributed by atoms with Crippen molar-refractivity contribution >= 4 is 32.9 Å². The molecule has 2 aromatic heterocycles. The van der Waals surface area contributed by atoms with Crippen LogP contribution in [-0.4, -0.2) is 26.0 Å². The highest BCUT2D eigenvalue weighted by atomic mass is 32.2. The number of anilines is 1. The van der Waals surface area contributed by atoms with Crippen molar-refractivity contribution < 1.29 is 13.2 Å². The van der Waals surface area contributed by atoms with Crippen LogP contribution in [0.3, 0.4) is 0 Å². The maximum absolute atomic E-state index is 13.0. The first-order valence-electron chi connectivity index (χ1n) is 7.84. The molecule has 0 bridgehead atoms. The first kappa shape index (κ1) is 18.1. The van der Waals surface area contributed by atoms with E-state index >= 15 is 0 Å². The Kier molecular flexibility index (Phi) is 5.65. The van der Waals surface area contributed by atoms with Crippen LogP contribution in [0.15, 0.2) is 76.6 Å². The van der Waals surface area contributed by atoms with Crippen molar-refractivity contribution in [1.82, 2.24) is 10.3 Å². The molecule has 0 aliphatic heterocycles. The summed E-state index contributed by atoms with van der Waals surface area (Å²) in [6.07, 6.45) is 3.08. The number of nitrogens with one attached hydrogen (secondary N) is 2. The lowest BCUT2D eigenvalue weighted by Crippen LogP contribution is -2.34. The van der Waals surface area contributed by atoms with E-state index in [4.69, 9.17) is 0 Å². The van der Waals surface area contributed by atoms with Gasteiger partial charge in [-0.15, -0.1) is 11.3 Å². The molecule has 134 valence electrons. The minimum atomic E-state index is -3.64. The predicted octanol–water partition coefficient (Wildman–Crippen LogP) is 3.48. The third-order valence-corrected chi connectivity index (χ3v) is 7.22. The molecule has 0 radical (unpaired) electrons. The second-order valence-corrected chi connectivity index (χ2v) is 8.76. The molecule has 3 aromatic rings. The number of amides is 2. The number of pyridine rings is 1. The SMILES string of the molecule is O=C(NC[C@H](c1cccnc1)S(=O)(=O)c1cccs1)Nc1ccccc1. The molecule has 2 amide bonds. The average molecular weight is 387 g/mol. The van der Waals surface area contributed by atoms with Crippen molar-refractivity contribution in [3.8, 4) is 0 Å². The number of sulfone groups is 1. The number of benzene rings is 1. The molecule has 1 atom stereocenters. The molecule has 0 aliphatic carbocycles. The highest BCUT2D eigenvalue weighted by Gasteiger charge is 2.30. The molecule has 0 unspecified atom stereocenters. The van der Waals surface area contributed by atoms with Gasteiger partial charge >= 0.3 is 6.03 Å². The minimum Gasteiger partial charge on any atom is -0.336 e. The fraction of sp³-hybridized carbons (Fsp3) is 0.111. The van der Waals surface area contributed by atoms with E-state index in [1.54, 1.807) is 60.1 Å². The second-order valence-electron chi connectivity index (χ2n) is 5.45. The van der Waals surface area contributed by atoms with Crippen molar-refractivity contribution in [1.29, 1.82) is 0 Å². The van der Waals surface area contributed by atoms with Crippen LogP contribution >= 0.6 is 11.3 Å². The molecule has 0 aliphatic rings. The molecule has 8 heteroatoms. The van der Waals surface area contributed by atoms with Gasteiger partial charge in [0.1, 0.15) is 9.46 Å². The lowest BCUT2D eigenvalue weighted by molar-refractivity contribution is 0.252. The molecule has 6 nitrogen and oxygen atoms in total. The lowest BCUT2D eigenvalue weighted by Gasteiger charge is -2.18. The minimum absolute atomic E-state index is 0.0649. The quantitative estimate of drug-likeness (QED) is 0.678. The number of hydrogen-bond donors (Lipinski definition) is 2. The van der Waals surface area contributed by atoms with E-state index in [0.29, 0.717) is 11.3 Å². The highest BCUT2D eigenvalue weighted by Crippen LogP contribution is 2.30. The van der Waals surface area contributed by atoms with Gasteiger partial charge < -0.3 is 10.6 Å². The smallest absolute Gasteiger partial charge is 0.319 e. The fourth-order valence-corrected chi connectivity index (χ4v) is 5.27. The molecular formula is C18H17N3O3S2. The number of rotatable bonds is 6. The summed E-state index contributed by atoms with van der Waals surface area (Å²) in [5, 5.41) is 6.11. The van der Waals surface area contributed by atoms with E-state index in [2.05, 4.69) is 15.6 Å². The van der Waals surface area contributed by atoms with Gasteiger partial charge in [-0.25, -0.2) is 13.2 Å². The standard InChI is InChI=1S/C18H17N3O3S2/c22-18(21-15-7-2-1-3-8-15)20-13-16(14-6-4-10-19-12-14)26(23,24)17-9-5-11-25-17/h1-12,16H,13H2,(H2,20,21,22)/t16-/m1/s1. The fourth-order valence-electron chi connectivity index (χ4n) is 2.42. The third-order valence-electron chi connectivity index (χ3n) is 3.69. The molecule has 0 fully saturated rings. The molecule has 0 saturated heterocycles. The lowest BCUT2D eigenvalue weighted by atomic mass is 10.2.